The molecule has 0 saturated heterocycles. The summed E-state index contributed by atoms with van der Waals surface area (Å²) in [5.41, 5.74) is 1.18. The molecule has 0 amide bonds. The summed E-state index contributed by atoms with van der Waals surface area (Å²) in [5, 5.41) is 15.2. The zero-order chi connectivity index (χ0) is 14.5. The summed E-state index contributed by atoms with van der Waals surface area (Å²) < 4.78 is 11.9. The van der Waals surface area contributed by atoms with Gasteiger partial charge in [-0.2, -0.15) is 5.10 Å². The summed E-state index contributed by atoms with van der Waals surface area (Å²) in [5.74, 6) is 0.607. The van der Waals surface area contributed by atoms with E-state index in [1.807, 2.05) is 12.1 Å². The number of para-hydroxylation sites is 1. The Labute approximate surface area is 122 Å². The van der Waals surface area contributed by atoms with Crippen LogP contribution >= 0.6 is 11.6 Å². The quantitative estimate of drug-likeness (QED) is 0.888. The molecule has 5 nitrogen and oxygen atoms in total. The van der Waals surface area contributed by atoms with E-state index in [-0.39, 0.29) is 0 Å². The number of nitrogens with zero attached hydrogens (tertiary/aromatic N) is 2. The van der Waals surface area contributed by atoms with Crippen molar-refractivity contribution >= 4 is 11.6 Å². The van der Waals surface area contributed by atoms with Crippen molar-refractivity contribution in [2.24, 2.45) is 0 Å². The lowest BCUT2D eigenvalue weighted by molar-refractivity contribution is 0.170. The van der Waals surface area contributed by atoms with Gasteiger partial charge >= 0.3 is 0 Å². The maximum absolute atomic E-state index is 10.6. The predicted molar refractivity (Wildman–Crippen MR) is 76.2 cm³/mol. The molecule has 0 aliphatic rings. The molecule has 1 atom stereocenters. The lowest BCUT2D eigenvalue weighted by Crippen LogP contribution is -2.14. The van der Waals surface area contributed by atoms with Gasteiger partial charge in [0, 0.05) is 12.7 Å². The molecule has 1 unspecified atom stereocenters. The molecule has 0 fully saturated rings. The number of benzene rings is 1. The second-order valence-corrected chi connectivity index (χ2v) is 4.65. The van der Waals surface area contributed by atoms with Gasteiger partial charge in [-0.15, -0.1) is 0 Å². The molecule has 0 aliphatic carbocycles. The zero-order valence-electron chi connectivity index (χ0n) is 11.4. The number of halogens is 1. The van der Waals surface area contributed by atoms with E-state index in [9.17, 15) is 5.11 Å². The van der Waals surface area contributed by atoms with Gasteiger partial charge in [0.1, 0.15) is 11.9 Å². The molecule has 0 spiro atoms. The molecule has 1 N–H and O–H groups in total. The van der Waals surface area contributed by atoms with Crippen molar-refractivity contribution in [3.63, 3.8) is 0 Å². The Kier molecular flexibility index (Phi) is 5.00. The van der Waals surface area contributed by atoms with Gasteiger partial charge in [0.2, 0.25) is 0 Å². The van der Waals surface area contributed by atoms with E-state index < -0.39 is 6.10 Å². The monoisotopic (exact) mass is 296 g/mol. The Bertz CT molecular complexity index is 571. The lowest BCUT2D eigenvalue weighted by Gasteiger charge is -2.17. The van der Waals surface area contributed by atoms with Crippen molar-refractivity contribution in [3.8, 4) is 5.75 Å². The Morgan fingerprint density at radius 1 is 1.35 bits per heavy atom. The van der Waals surface area contributed by atoms with E-state index in [1.165, 1.54) is 6.20 Å². The van der Waals surface area contributed by atoms with Crippen LogP contribution in [0.25, 0.3) is 0 Å². The first-order valence-electron chi connectivity index (χ1n) is 6.20. The second kappa shape index (κ2) is 6.74. The van der Waals surface area contributed by atoms with Crippen molar-refractivity contribution in [2.45, 2.75) is 12.6 Å². The average Bonchev–Trinajstić information content (AvgIpc) is 2.85. The van der Waals surface area contributed by atoms with Crippen molar-refractivity contribution < 1.29 is 14.6 Å². The highest BCUT2D eigenvalue weighted by atomic mass is 35.5. The van der Waals surface area contributed by atoms with Gasteiger partial charge in [-0.05, 0) is 6.07 Å². The first kappa shape index (κ1) is 14.8. The van der Waals surface area contributed by atoms with Crippen molar-refractivity contribution in [3.05, 3.63) is 46.7 Å². The van der Waals surface area contributed by atoms with Crippen LogP contribution < -0.4 is 4.74 Å². The van der Waals surface area contributed by atoms with E-state index in [1.54, 1.807) is 31.0 Å². The van der Waals surface area contributed by atoms with E-state index in [4.69, 9.17) is 21.1 Å². The molecule has 1 heterocycles. The first-order chi connectivity index (χ1) is 9.69. The van der Waals surface area contributed by atoms with Gasteiger partial charge in [0.25, 0.3) is 0 Å². The normalized spacial score (nSPS) is 12.4. The molecular weight excluding hydrogens is 280 g/mol. The number of ether oxygens (including phenoxy) is 2. The standard InChI is InChI=1S/C14H17ClN2O3/c1-19-8-7-17-13(11(15)9-16-17)14(18)10-5-3-4-6-12(10)20-2/h3-6,9,14,18H,7-8H2,1-2H3. The maximum atomic E-state index is 10.6. The third kappa shape index (κ3) is 2.95. The van der Waals surface area contributed by atoms with Crippen LogP contribution in [0.5, 0.6) is 5.75 Å². The molecular formula is C14H17ClN2O3. The molecule has 1 aromatic heterocycles. The SMILES string of the molecule is COCCn1ncc(Cl)c1C(O)c1ccccc1OC. The van der Waals surface area contributed by atoms with Gasteiger partial charge in [-0.1, -0.05) is 29.8 Å². The highest BCUT2D eigenvalue weighted by molar-refractivity contribution is 6.31. The van der Waals surface area contributed by atoms with Crippen LogP contribution in [0.3, 0.4) is 0 Å². The predicted octanol–water partition coefficient (Wildman–Crippen LogP) is 2.27. The number of hydrogen-bond acceptors (Lipinski definition) is 4. The molecule has 1 aromatic carbocycles. The highest BCUT2D eigenvalue weighted by Gasteiger charge is 2.22. The fourth-order valence-corrected chi connectivity index (χ4v) is 2.28. The van der Waals surface area contributed by atoms with E-state index >= 15 is 0 Å². The Morgan fingerprint density at radius 3 is 2.80 bits per heavy atom. The summed E-state index contributed by atoms with van der Waals surface area (Å²) in [6, 6.07) is 7.28. The molecule has 0 saturated carbocycles. The molecule has 0 bridgehead atoms. The smallest absolute Gasteiger partial charge is 0.126 e. The Morgan fingerprint density at radius 2 is 2.10 bits per heavy atom. The number of rotatable bonds is 6. The third-order valence-electron chi connectivity index (χ3n) is 3.03. The van der Waals surface area contributed by atoms with Crippen LogP contribution in [0.4, 0.5) is 0 Å². The average molecular weight is 297 g/mol. The van der Waals surface area contributed by atoms with Crippen LogP contribution in [0.2, 0.25) is 5.02 Å². The van der Waals surface area contributed by atoms with Crippen LogP contribution in [-0.2, 0) is 11.3 Å². The number of aliphatic hydroxyl groups excluding tert-OH is 1. The number of methoxy groups -OCH3 is 2. The molecule has 20 heavy (non-hydrogen) atoms. The zero-order valence-corrected chi connectivity index (χ0v) is 12.2. The van der Waals surface area contributed by atoms with Gasteiger partial charge in [0.15, 0.2) is 0 Å². The fraction of sp³-hybridized carbons (Fsp3) is 0.357. The van der Waals surface area contributed by atoms with E-state index in [0.717, 1.165) is 0 Å². The summed E-state index contributed by atoms with van der Waals surface area (Å²) >= 11 is 6.14. The number of aromatic nitrogens is 2. The summed E-state index contributed by atoms with van der Waals surface area (Å²) in [6.45, 7) is 1.01. The largest absolute Gasteiger partial charge is 0.496 e. The number of hydrogen-bond donors (Lipinski definition) is 1. The van der Waals surface area contributed by atoms with Gasteiger partial charge in [0.05, 0.1) is 37.2 Å². The Balaban J connectivity index is 2.37. The second-order valence-electron chi connectivity index (χ2n) is 4.24. The van der Waals surface area contributed by atoms with Crippen LogP contribution in [0.1, 0.15) is 17.4 Å². The minimum Gasteiger partial charge on any atom is -0.496 e. The summed E-state index contributed by atoms with van der Waals surface area (Å²) in [4.78, 5) is 0. The van der Waals surface area contributed by atoms with E-state index in [2.05, 4.69) is 5.10 Å². The third-order valence-corrected chi connectivity index (χ3v) is 3.32. The van der Waals surface area contributed by atoms with Gasteiger partial charge < -0.3 is 14.6 Å². The fourth-order valence-electron chi connectivity index (χ4n) is 2.04. The first-order valence-corrected chi connectivity index (χ1v) is 6.58. The van der Waals surface area contributed by atoms with Crippen LogP contribution in [0.15, 0.2) is 30.5 Å². The van der Waals surface area contributed by atoms with Gasteiger partial charge in [-0.25, -0.2) is 0 Å². The molecule has 108 valence electrons. The van der Waals surface area contributed by atoms with Crippen molar-refractivity contribution in [2.75, 3.05) is 20.8 Å². The Hall–Kier alpha value is -1.56. The minimum atomic E-state index is -0.905. The van der Waals surface area contributed by atoms with Gasteiger partial charge in [-0.3, -0.25) is 4.68 Å². The topological polar surface area (TPSA) is 56.5 Å². The molecule has 0 aliphatic heterocycles. The van der Waals surface area contributed by atoms with Crippen molar-refractivity contribution in [1.29, 1.82) is 0 Å². The summed E-state index contributed by atoms with van der Waals surface area (Å²) in [6.07, 6.45) is 0.614. The minimum absolute atomic E-state index is 0.416. The summed E-state index contributed by atoms with van der Waals surface area (Å²) in [7, 11) is 3.18. The lowest BCUT2D eigenvalue weighted by atomic mass is 10.1. The molecule has 6 heteroatoms. The van der Waals surface area contributed by atoms with Crippen LogP contribution in [0, 0.1) is 0 Å². The van der Waals surface area contributed by atoms with Crippen molar-refractivity contribution in [1.82, 2.24) is 9.78 Å². The van der Waals surface area contributed by atoms with E-state index in [0.29, 0.717) is 35.2 Å². The number of aliphatic hydroxyl groups is 1. The molecule has 2 rings (SSSR count). The molecule has 2 aromatic rings. The van der Waals surface area contributed by atoms with Crippen LogP contribution in [-0.4, -0.2) is 35.7 Å². The molecule has 0 radical (unpaired) electrons. The maximum Gasteiger partial charge on any atom is 0.126 e. The highest BCUT2D eigenvalue weighted by Crippen LogP contribution is 2.33.